The van der Waals surface area contributed by atoms with Crippen molar-refractivity contribution in [2.45, 2.75) is 39.2 Å². The molecule has 0 aromatic carbocycles. The zero-order valence-electron chi connectivity index (χ0n) is 8.79. The molecule has 0 radical (unpaired) electrons. The van der Waals surface area contributed by atoms with Crippen LogP contribution in [0, 0.1) is 6.92 Å². The highest BCUT2D eigenvalue weighted by molar-refractivity contribution is 9.10. The quantitative estimate of drug-likeness (QED) is 0.903. The molecule has 1 N–H and O–H groups in total. The van der Waals surface area contributed by atoms with Crippen LogP contribution in [0.5, 0.6) is 0 Å². The van der Waals surface area contributed by atoms with Crippen molar-refractivity contribution in [1.82, 2.24) is 4.98 Å². The average molecular weight is 258 g/mol. The van der Waals surface area contributed by atoms with Gasteiger partial charge < -0.3 is 5.11 Å². The number of hydrogen-bond acceptors (Lipinski definition) is 2. The van der Waals surface area contributed by atoms with E-state index in [2.05, 4.69) is 20.9 Å². The number of aryl methyl sites for hydroxylation is 1. The van der Waals surface area contributed by atoms with Crippen LogP contribution < -0.4 is 0 Å². The molecule has 1 heterocycles. The SMILES string of the molecule is CCC(O)C(C)c1ncc(Br)cc1C. The Balaban J connectivity index is 2.95. The van der Waals surface area contributed by atoms with Gasteiger partial charge in [-0.15, -0.1) is 0 Å². The van der Waals surface area contributed by atoms with E-state index in [1.165, 1.54) is 0 Å². The molecule has 0 aliphatic carbocycles. The van der Waals surface area contributed by atoms with E-state index < -0.39 is 0 Å². The van der Waals surface area contributed by atoms with Gasteiger partial charge in [-0.05, 0) is 40.9 Å². The van der Waals surface area contributed by atoms with Gasteiger partial charge in [-0.25, -0.2) is 0 Å². The van der Waals surface area contributed by atoms with E-state index in [1.807, 2.05) is 26.8 Å². The fourth-order valence-corrected chi connectivity index (χ4v) is 2.01. The normalized spacial score (nSPS) is 15.2. The van der Waals surface area contributed by atoms with Crippen molar-refractivity contribution < 1.29 is 5.11 Å². The van der Waals surface area contributed by atoms with Crippen LogP contribution in [0.3, 0.4) is 0 Å². The number of halogens is 1. The number of nitrogens with zero attached hydrogens (tertiary/aromatic N) is 1. The van der Waals surface area contributed by atoms with Crippen LogP contribution in [-0.2, 0) is 0 Å². The van der Waals surface area contributed by atoms with Crippen LogP contribution in [0.2, 0.25) is 0 Å². The standard InChI is InChI=1S/C11H16BrNO/c1-4-10(14)8(3)11-7(2)5-9(12)6-13-11/h5-6,8,10,14H,4H2,1-3H3. The molecule has 0 spiro atoms. The Labute approximate surface area is 93.5 Å². The van der Waals surface area contributed by atoms with Gasteiger partial charge >= 0.3 is 0 Å². The second kappa shape index (κ2) is 4.89. The van der Waals surface area contributed by atoms with Crippen LogP contribution in [-0.4, -0.2) is 16.2 Å². The van der Waals surface area contributed by atoms with Gasteiger partial charge in [0, 0.05) is 22.3 Å². The zero-order valence-corrected chi connectivity index (χ0v) is 10.4. The van der Waals surface area contributed by atoms with Crippen LogP contribution >= 0.6 is 15.9 Å². The van der Waals surface area contributed by atoms with Crippen molar-refractivity contribution in [1.29, 1.82) is 0 Å². The van der Waals surface area contributed by atoms with Gasteiger partial charge in [0.05, 0.1) is 6.10 Å². The molecule has 1 rings (SSSR count). The van der Waals surface area contributed by atoms with Gasteiger partial charge in [-0.3, -0.25) is 4.98 Å². The lowest BCUT2D eigenvalue weighted by Crippen LogP contribution is -2.16. The summed E-state index contributed by atoms with van der Waals surface area (Å²) in [5.74, 6) is 0.105. The van der Waals surface area contributed by atoms with E-state index in [-0.39, 0.29) is 12.0 Å². The van der Waals surface area contributed by atoms with E-state index in [0.29, 0.717) is 0 Å². The number of aliphatic hydroxyl groups is 1. The third-order valence-electron chi connectivity index (χ3n) is 2.51. The summed E-state index contributed by atoms with van der Waals surface area (Å²) in [4.78, 5) is 4.34. The monoisotopic (exact) mass is 257 g/mol. The first-order chi connectivity index (χ1) is 6.56. The lowest BCUT2D eigenvalue weighted by atomic mass is 9.95. The summed E-state index contributed by atoms with van der Waals surface area (Å²) in [5, 5.41) is 9.72. The van der Waals surface area contributed by atoms with E-state index >= 15 is 0 Å². The summed E-state index contributed by atoms with van der Waals surface area (Å²) in [7, 11) is 0. The topological polar surface area (TPSA) is 33.1 Å². The largest absolute Gasteiger partial charge is 0.392 e. The van der Waals surface area contributed by atoms with Crippen LogP contribution in [0.4, 0.5) is 0 Å². The molecule has 1 aromatic heterocycles. The minimum absolute atomic E-state index is 0.105. The Morgan fingerprint density at radius 3 is 2.71 bits per heavy atom. The summed E-state index contributed by atoms with van der Waals surface area (Å²) < 4.78 is 0.983. The molecule has 0 saturated carbocycles. The highest BCUT2D eigenvalue weighted by Gasteiger charge is 2.17. The van der Waals surface area contributed by atoms with Crippen molar-refractivity contribution in [3.05, 3.63) is 28.0 Å². The molecule has 3 heteroatoms. The summed E-state index contributed by atoms with van der Waals surface area (Å²) in [5.41, 5.74) is 2.11. The number of aromatic nitrogens is 1. The maximum atomic E-state index is 9.72. The Morgan fingerprint density at radius 2 is 2.21 bits per heavy atom. The van der Waals surface area contributed by atoms with Crippen molar-refractivity contribution >= 4 is 15.9 Å². The third kappa shape index (κ3) is 2.55. The highest BCUT2D eigenvalue weighted by Crippen LogP contribution is 2.24. The number of pyridine rings is 1. The molecule has 78 valence electrons. The predicted molar refractivity (Wildman–Crippen MR) is 61.4 cm³/mol. The maximum Gasteiger partial charge on any atom is 0.0618 e. The van der Waals surface area contributed by atoms with Gasteiger partial charge in [0.1, 0.15) is 0 Å². The molecular weight excluding hydrogens is 242 g/mol. The summed E-state index contributed by atoms with van der Waals surface area (Å²) in [6.45, 7) is 6.01. The van der Waals surface area contributed by atoms with Crippen molar-refractivity contribution in [3.8, 4) is 0 Å². The minimum Gasteiger partial charge on any atom is -0.392 e. The van der Waals surface area contributed by atoms with E-state index in [0.717, 1.165) is 22.2 Å². The third-order valence-corrected chi connectivity index (χ3v) is 2.95. The number of hydrogen-bond donors (Lipinski definition) is 1. The van der Waals surface area contributed by atoms with Crippen molar-refractivity contribution in [2.75, 3.05) is 0 Å². The molecule has 14 heavy (non-hydrogen) atoms. The summed E-state index contributed by atoms with van der Waals surface area (Å²) >= 11 is 3.37. The number of rotatable bonds is 3. The second-order valence-corrected chi connectivity index (χ2v) is 4.54. The molecule has 1 aromatic rings. The van der Waals surface area contributed by atoms with Gasteiger partial charge in [-0.1, -0.05) is 13.8 Å². The van der Waals surface area contributed by atoms with E-state index in [4.69, 9.17) is 0 Å². The van der Waals surface area contributed by atoms with Gasteiger partial charge in [0.15, 0.2) is 0 Å². The lowest BCUT2D eigenvalue weighted by Gasteiger charge is -2.18. The van der Waals surface area contributed by atoms with E-state index in [1.54, 1.807) is 6.20 Å². The molecule has 2 atom stereocenters. The molecule has 0 saturated heterocycles. The molecule has 0 amide bonds. The lowest BCUT2D eigenvalue weighted by molar-refractivity contribution is 0.143. The van der Waals surface area contributed by atoms with Crippen molar-refractivity contribution in [3.63, 3.8) is 0 Å². The molecule has 0 aliphatic rings. The Bertz CT molecular complexity index is 314. The average Bonchev–Trinajstić information content (AvgIpc) is 2.15. The molecule has 2 unspecified atom stereocenters. The van der Waals surface area contributed by atoms with Crippen molar-refractivity contribution in [2.24, 2.45) is 0 Å². The summed E-state index contributed by atoms with van der Waals surface area (Å²) in [6, 6.07) is 2.03. The molecule has 0 aliphatic heterocycles. The fraction of sp³-hybridized carbons (Fsp3) is 0.545. The van der Waals surface area contributed by atoms with Gasteiger partial charge in [0.25, 0.3) is 0 Å². The minimum atomic E-state index is -0.303. The Kier molecular flexibility index (Phi) is 4.08. The second-order valence-electron chi connectivity index (χ2n) is 3.62. The Hall–Kier alpha value is -0.410. The first-order valence-electron chi connectivity index (χ1n) is 4.86. The first kappa shape index (κ1) is 11.7. The number of aliphatic hydroxyl groups excluding tert-OH is 1. The molecule has 2 nitrogen and oxygen atoms in total. The maximum absolute atomic E-state index is 9.72. The van der Waals surface area contributed by atoms with Gasteiger partial charge in [-0.2, -0.15) is 0 Å². The molecular formula is C11H16BrNO. The highest BCUT2D eigenvalue weighted by atomic mass is 79.9. The Morgan fingerprint density at radius 1 is 1.57 bits per heavy atom. The van der Waals surface area contributed by atoms with E-state index in [9.17, 15) is 5.11 Å². The summed E-state index contributed by atoms with van der Waals surface area (Å²) in [6.07, 6.45) is 2.24. The van der Waals surface area contributed by atoms with Crippen LogP contribution in [0.15, 0.2) is 16.7 Å². The smallest absolute Gasteiger partial charge is 0.0618 e. The fourth-order valence-electron chi connectivity index (χ4n) is 1.56. The van der Waals surface area contributed by atoms with Crippen LogP contribution in [0.1, 0.15) is 37.4 Å². The predicted octanol–water partition coefficient (Wildman–Crippen LogP) is 3.03. The zero-order chi connectivity index (χ0) is 10.7. The first-order valence-corrected chi connectivity index (χ1v) is 5.65. The van der Waals surface area contributed by atoms with Gasteiger partial charge in [0.2, 0.25) is 0 Å². The molecule has 0 fully saturated rings. The molecule has 0 bridgehead atoms. The van der Waals surface area contributed by atoms with Crippen LogP contribution in [0.25, 0.3) is 0 Å².